The van der Waals surface area contributed by atoms with E-state index in [0.717, 1.165) is 25.9 Å². The van der Waals surface area contributed by atoms with Crippen LogP contribution in [0.3, 0.4) is 0 Å². The summed E-state index contributed by atoms with van der Waals surface area (Å²) in [5.41, 5.74) is 1.27. The molecule has 0 N–H and O–H groups in total. The Morgan fingerprint density at radius 1 is 1.29 bits per heavy atom. The first-order valence-electron chi connectivity index (χ1n) is 10.9. The topological polar surface area (TPSA) is 67.7 Å². The molecule has 1 amide bonds. The van der Waals surface area contributed by atoms with Crippen LogP contribution in [-0.4, -0.2) is 70.3 Å². The number of rotatable bonds is 9. The Balaban J connectivity index is 1.83. The standard InChI is InChI=1S/C23H31FN4O3/c1-4-26-13-8-9-18(26)16-27(14-12-22(29)31-5-2)23(30)19-15-25-28(17(19)3)21-11-7-6-10-20(21)24/h6-7,10-11,15,18H,4-5,8-9,12-14,16H2,1-3H3. The monoisotopic (exact) mass is 430 g/mol. The number of hydrogen-bond acceptors (Lipinski definition) is 5. The summed E-state index contributed by atoms with van der Waals surface area (Å²) in [5.74, 6) is -0.929. The van der Waals surface area contributed by atoms with Gasteiger partial charge in [-0.3, -0.25) is 14.5 Å². The van der Waals surface area contributed by atoms with E-state index in [1.54, 1.807) is 36.9 Å². The minimum absolute atomic E-state index is 0.138. The highest BCUT2D eigenvalue weighted by Crippen LogP contribution is 2.21. The van der Waals surface area contributed by atoms with Gasteiger partial charge in [-0.15, -0.1) is 0 Å². The van der Waals surface area contributed by atoms with E-state index < -0.39 is 5.82 Å². The van der Waals surface area contributed by atoms with Crippen molar-refractivity contribution in [3.05, 3.63) is 47.5 Å². The van der Waals surface area contributed by atoms with Crippen LogP contribution in [0.1, 0.15) is 49.2 Å². The molecule has 1 aromatic carbocycles. The summed E-state index contributed by atoms with van der Waals surface area (Å²) in [5, 5.41) is 4.27. The molecule has 0 radical (unpaired) electrons. The van der Waals surface area contributed by atoms with E-state index in [-0.39, 0.29) is 30.9 Å². The predicted molar refractivity (Wildman–Crippen MR) is 116 cm³/mol. The second-order valence-electron chi connectivity index (χ2n) is 7.74. The molecular formula is C23H31FN4O3. The molecule has 1 unspecified atom stereocenters. The van der Waals surface area contributed by atoms with Crippen LogP contribution in [0.5, 0.6) is 0 Å². The molecule has 1 atom stereocenters. The lowest BCUT2D eigenvalue weighted by atomic mass is 10.1. The fourth-order valence-corrected chi connectivity index (χ4v) is 4.16. The summed E-state index contributed by atoms with van der Waals surface area (Å²) >= 11 is 0. The average molecular weight is 431 g/mol. The van der Waals surface area contributed by atoms with Crippen LogP contribution in [0, 0.1) is 12.7 Å². The van der Waals surface area contributed by atoms with E-state index in [9.17, 15) is 14.0 Å². The Bertz CT molecular complexity index is 914. The Morgan fingerprint density at radius 2 is 2.06 bits per heavy atom. The molecule has 1 aliphatic heterocycles. The predicted octanol–water partition coefficient (Wildman–Crippen LogP) is 3.20. The zero-order chi connectivity index (χ0) is 22.4. The number of likely N-dealkylation sites (tertiary alicyclic amines) is 1. The van der Waals surface area contributed by atoms with Gasteiger partial charge in [-0.1, -0.05) is 19.1 Å². The molecule has 0 spiro atoms. The molecule has 0 aliphatic carbocycles. The summed E-state index contributed by atoms with van der Waals surface area (Å²) in [6.45, 7) is 8.70. The first-order valence-corrected chi connectivity index (χ1v) is 10.9. The fraction of sp³-hybridized carbons (Fsp3) is 0.522. The molecule has 3 rings (SSSR count). The molecule has 2 heterocycles. The quantitative estimate of drug-likeness (QED) is 0.572. The summed E-state index contributed by atoms with van der Waals surface area (Å²) in [6, 6.07) is 6.59. The number of esters is 1. The van der Waals surface area contributed by atoms with Crippen LogP contribution in [0.15, 0.2) is 30.5 Å². The van der Waals surface area contributed by atoms with Crippen molar-refractivity contribution in [2.24, 2.45) is 0 Å². The molecule has 8 heteroatoms. The van der Waals surface area contributed by atoms with Gasteiger partial charge < -0.3 is 9.64 Å². The first kappa shape index (κ1) is 22.9. The largest absolute Gasteiger partial charge is 0.466 e. The van der Waals surface area contributed by atoms with Gasteiger partial charge in [0, 0.05) is 19.1 Å². The van der Waals surface area contributed by atoms with E-state index in [4.69, 9.17) is 4.74 Å². The molecule has 2 aromatic rings. The van der Waals surface area contributed by atoms with Gasteiger partial charge in [-0.25, -0.2) is 9.07 Å². The van der Waals surface area contributed by atoms with Crippen molar-refractivity contribution in [2.45, 2.75) is 46.1 Å². The zero-order valence-corrected chi connectivity index (χ0v) is 18.5. The van der Waals surface area contributed by atoms with Gasteiger partial charge in [0.15, 0.2) is 0 Å². The normalized spacial score (nSPS) is 16.5. The van der Waals surface area contributed by atoms with Gasteiger partial charge in [0.2, 0.25) is 0 Å². The summed E-state index contributed by atoms with van der Waals surface area (Å²) in [7, 11) is 0. The first-order chi connectivity index (χ1) is 15.0. The van der Waals surface area contributed by atoms with Crippen LogP contribution in [0.2, 0.25) is 0 Å². The number of likely N-dealkylation sites (N-methyl/N-ethyl adjacent to an activating group) is 1. The highest BCUT2D eigenvalue weighted by molar-refractivity contribution is 5.95. The van der Waals surface area contributed by atoms with E-state index in [1.165, 1.54) is 16.9 Å². The van der Waals surface area contributed by atoms with Crippen LogP contribution < -0.4 is 0 Å². The van der Waals surface area contributed by atoms with Crippen LogP contribution in [0.25, 0.3) is 5.69 Å². The summed E-state index contributed by atoms with van der Waals surface area (Å²) < 4.78 is 20.7. The van der Waals surface area contributed by atoms with Crippen molar-refractivity contribution in [3.63, 3.8) is 0 Å². The molecule has 1 saturated heterocycles. The number of amides is 1. The van der Waals surface area contributed by atoms with Gasteiger partial charge in [0.1, 0.15) is 11.5 Å². The lowest BCUT2D eigenvalue weighted by Crippen LogP contribution is -2.44. The van der Waals surface area contributed by atoms with Crippen LogP contribution in [-0.2, 0) is 9.53 Å². The molecule has 31 heavy (non-hydrogen) atoms. The third-order valence-electron chi connectivity index (χ3n) is 5.84. The number of benzene rings is 1. The van der Waals surface area contributed by atoms with E-state index in [2.05, 4.69) is 16.9 Å². The van der Waals surface area contributed by atoms with Crippen LogP contribution >= 0.6 is 0 Å². The average Bonchev–Trinajstić information content (AvgIpc) is 3.37. The lowest BCUT2D eigenvalue weighted by molar-refractivity contribution is -0.143. The molecule has 7 nitrogen and oxygen atoms in total. The van der Waals surface area contributed by atoms with E-state index in [0.29, 0.717) is 30.1 Å². The number of ether oxygens (including phenoxy) is 1. The van der Waals surface area contributed by atoms with Crippen molar-refractivity contribution in [3.8, 4) is 5.69 Å². The van der Waals surface area contributed by atoms with Crippen molar-refractivity contribution < 1.29 is 18.7 Å². The zero-order valence-electron chi connectivity index (χ0n) is 18.5. The van der Waals surface area contributed by atoms with E-state index in [1.807, 2.05) is 0 Å². The molecule has 1 fully saturated rings. The molecule has 1 aromatic heterocycles. The Morgan fingerprint density at radius 3 is 2.77 bits per heavy atom. The second kappa shape index (κ2) is 10.5. The Kier molecular flexibility index (Phi) is 7.79. The maximum atomic E-state index is 14.2. The maximum Gasteiger partial charge on any atom is 0.307 e. The third kappa shape index (κ3) is 5.31. The summed E-state index contributed by atoms with van der Waals surface area (Å²) in [6.07, 6.45) is 3.74. The number of carbonyl (C=O) groups is 2. The minimum Gasteiger partial charge on any atom is -0.466 e. The van der Waals surface area contributed by atoms with Gasteiger partial charge in [-0.2, -0.15) is 5.10 Å². The Hall–Kier alpha value is -2.74. The molecule has 0 saturated carbocycles. The van der Waals surface area contributed by atoms with E-state index >= 15 is 0 Å². The number of nitrogens with zero attached hydrogens (tertiary/aromatic N) is 4. The van der Waals surface area contributed by atoms with Gasteiger partial charge in [0.25, 0.3) is 5.91 Å². The highest BCUT2D eigenvalue weighted by atomic mass is 19.1. The second-order valence-corrected chi connectivity index (χ2v) is 7.74. The number of aromatic nitrogens is 2. The molecule has 1 aliphatic rings. The fourth-order valence-electron chi connectivity index (χ4n) is 4.16. The summed E-state index contributed by atoms with van der Waals surface area (Å²) in [4.78, 5) is 29.5. The third-order valence-corrected chi connectivity index (χ3v) is 5.84. The van der Waals surface area contributed by atoms with Crippen molar-refractivity contribution in [2.75, 3.05) is 32.8 Å². The molecular weight excluding hydrogens is 399 g/mol. The number of carbonyl (C=O) groups excluding carboxylic acids is 2. The maximum absolute atomic E-state index is 14.2. The van der Waals surface area contributed by atoms with Crippen molar-refractivity contribution in [1.29, 1.82) is 0 Å². The number of hydrogen-bond donors (Lipinski definition) is 0. The highest BCUT2D eigenvalue weighted by Gasteiger charge is 2.29. The number of halogens is 1. The smallest absolute Gasteiger partial charge is 0.307 e. The SMILES string of the molecule is CCOC(=O)CCN(CC1CCCN1CC)C(=O)c1cnn(-c2ccccc2F)c1C. The van der Waals surface area contributed by atoms with Crippen molar-refractivity contribution >= 4 is 11.9 Å². The number of para-hydroxylation sites is 1. The van der Waals surface area contributed by atoms with Crippen LogP contribution in [0.4, 0.5) is 4.39 Å². The van der Waals surface area contributed by atoms with Gasteiger partial charge in [-0.05, 0) is 51.9 Å². The lowest BCUT2D eigenvalue weighted by Gasteiger charge is -2.30. The molecule has 168 valence electrons. The minimum atomic E-state index is -0.406. The molecule has 0 bridgehead atoms. The van der Waals surface area contributed by atoms with Gasteiger partial charge in [0.05, 0.1) is 30.5 Å². The Labute approximate surface area is 182 Å². The van der Waals surface area contributed by atoms with Crippen molar-refractivity contribution in [1.82, 2.24) is 19.6 Å². The van der Waals surface area contributed by atoms with Gasteiger partial charge >= 0.3 is 5.97 Å².